The second-order valence-electron chi connectivity index (χ2n) is 18.7. The number of carbonyl (C=O) groups is 4. The summed E-state index contributed by atoms with van der Waals surface area (Å²) in [5.74, 6) is -2.40. The van der Waals surface area contributed by atoms with Gasteiger partial charge in [-0.05, 0) is 96.0 Å². The van der Waals surface area contributed by atoms with Crippen LogP contribution in [0.15, 0.2) is 185 Å². The summed E-state index contributed by atoms with van der Waals surface area (Å²) in [6.07, 6.45) is 5.26. The monoisotopic (exact) mass is 1290 g/mol. The number of halogens is 1. The smallest absolute Gasteiger partial charge is 0.625 e. The molecule has 2 heterocycles. The zero-order valence-electron chi connectivity index (χ0n) is 47.3. The minimum Gasteiger partial charge on any atom is -0.625 e. The van der Waals surface area contributed by atoms with Crippen molar-refractivity contribution in [2.24, 2.45) is 14.7 Å². The first kappa shape index (κ1) is 72.0. The van der Waals surface area contributed by atoms with Crippen LogP contribution in [0.3, 0.4) is 0 Å². The van der Waals surface area contributed by atoms with Crippen molar-refractivity contribution in [2.45, 2.75) is 84.2 Å². The molecule has 2 aliphatic rings. The van der Waals surface area contributed by atoms with Gasteiger partial charge in [-0.25, -0.2) is 4.79 Å². The molecular formula is C62H77FN8Ni2O6P4+2. The molecule has 2 saturated heterocycles. The van der Waals surface area contributed by atoms with E-state index in [1.165, 1.54) is 11.1 Å². The number of aliphatic carboxylic acids is 2. The van der Waals surface area contributed by atoms with Gasteiger partial charge in [-0.3, -0.25) is 38.8 Å². The van der Waals surface area contributed by atoms with Crippen LogP contribution in [0.5, 0.6) is 0 Å². The molecule has 0 saturated carbocycles. The summed E-state index contributed by atoms with van der Waals surface area (Å²) < 4.78 is 19.5. The first-order chi connectivity index (χ1) is 39.1. The number of benzene rings is 6. The minimum absolute atomic E-state index is 0. The Kier molecular flexibility index (Phi) is 34.8. The standard InChI is InChI=1S/C30H36N4O3P2.C27H27N3O3.C3H9NP2.CH3F.CH4.2Ni/c1-21(33-39(2)38)27(30(36)37)32-28(23-14-7-4-8-15-23)24-16-9-10-17-25(24)31-29(35)26-18-11-19-34(26)20-22-12-5-3-6-13-22;31-25(32)18-28-26(21-12-5-2-6-13-21)22-14-7-8-15-23(22)29-27(33)24-16-9-17-30(24)19-20-10-3-1-4-11-20;1-3-4-6(2)5;1-2;;;/h3-10,12-17,21,26-27,33H,11,18-20,38H2,1-2H3,(H2,31,32,35,36,37);1-8,10-15,24H,9,16-19H2,(H2,28,29,31,32,33);3H,5H2,1-2H3;1H3;1H4;;/q;;;;;2*+2/p-2/t21-,26+,27+,39?;24-;;;;;/m10...../s1/i;;;1D;;;. The molecule has 0 radical (unpaired) electrons. The topological polar surface area (TPSA) is 193 Å². The maximum absolute atomic E-state index is 13.5. The van der Waals surface area contributed by atoms with Gasteiger partial charge in [-0.2, -0.15) is 0 Å². The second-order valence-corrected chi connectivity index (χ2v) is 26.1. The Morgan fingerprint density at radius 1 is 0.687 bits per heavy atom. The molecule has 14 nitrogen and oxygen atoms in total. The van der Waals surface area contributed by atoms with Crippen molar-refractivity contribution in [3.8, 4) is 0 Å². The van der Waals surface area contributed by atoms with Crippen LogP contribution in [0.4, 0.5) is 15.8 Å². The number of alkyl halides is 1. The fourth-order valence-corrected chi connectivity index (χ4v) is 11.5. The average molecular weight is 1290 g/mol. The van der Waals surface area contributed by atoms with Crippen molar-refractivity contribution in [3.05, 3.63) is 214 Å². The first-order valence-electron chi connectivity index (χ1n) is 26.8. The summed E-state index contributed by atoms with van der Waals surface area (Å²) >= 11 is 0. The van der Waals surface area contributed by atoms with Crippen LogP contribution < -0.4 is 5.09 Å². The molecule has 8 atom stereocenters. The van der Waals surface area contributed by atoms with E-state index in [1.807, 2.05) is 160 Å². The maximum Gasteiger partial charge on any atom is 2.00 e. The Bertz CT molecular complexity index is 3000. The molecule has 2 amide bonds. The first-order valence-corrected chi connectivity index (χ1v) is 32.9. The van der Waals surface area contributed by atoms with Gasteiger partial charge in [0.2, 0.25) is 0 Å². The summed E-state index contributed by atoms with van der Waals surface area (Å²) in [6, 6.07) is 51.8. The van der Waals surface area contributed by atoms with Gasteiger partial charge in [0.25, 0.3) is 0 Å². The van der Waals surface area contributed by atoms with Gasteiger partial charge in [-0.1, -0.05) is 195 Å². The molecule has 0 bridgehead atoms. The predicted molar refractivity (Wildman–Crippen MR) is 342 cm³/mol. The third-order valence-electron chi connectivity index (χ3n) is 12.7. The Morgan fingerprint density at radius 2 is 1.07 bits per heavy atom. The van der Waals surface area contributed by atoms with Crippen molar-refractivity contribution in [1.29, 1.82) is 0 Å². The van der Waals surface area contributed by atoms with Gasteiger partial charge in [0.15, 0.2) is 6.04 Å². The summed E-state index contributed by atoms with van der Waals surface area (Å²) in [6.45, 7) is 10.6. The van der Waals surface area contributed by atoms with Crippen LogP contribution in [0, 0.1) is 0 Å². The summed E-state index contributed by atoms with van der Waals surface area (Å²) in [4.78, 5) is 63.8. The number of amides is 2. The van der Waals surface area contributed by atoms with Crippen molar-refractivity contribution in [3.63, 3.8) is 0 Å². The fraction of sp³-hybridized carbons (Fsp3) is 0.306. The fourth-order valence-electron chi connectivity index (χ4n) is 9.22. The van der Waals surface area contributed by atoms with E-state index in [9.17, 15) is 33.8 Å². The van der Waals surface area contributed by atoms with Crippen LogP contribution in [0.25, 0.3) is 10.6 Å². The van der Waals surface area contributed by atoms with E-state index in [4.69, 9.17) is 6.36 Å². The van der Waals surface area contributed by atoms with Gasteiger partial charge >= 0.3 is 44.9 Å². The Hall–Kier alpha value is -5.27. The van der Waals surface area contributed by atoms with Crippen LogP contribution in [0.2, 0.25) is 0 Å². The number of para-hydroxylation sites is 2. The van der Waals surface area contributed by atoms with Crippen LogP contribution in [-0.4, -0.2) is 126 Å². The molecule has 3 N–H and O–H groups in total. The molecule has 8 rings (SSSR count). The van der Waals surface area contributed by atoms with E-state index < -0.39 is 38.9 Å². The normalized spacial score (nSPS) is 16.5. The van der Waals surface area contributed by atoms with E-state index in [0.29, 0.717) is 47.0 Å². The average Bonchev–Trinajstić information content (AvgIpc) is 4.16. The van der Waals surface area contributed by atoms with Crippen LogP contribution in [-0.2, 0) is 65.3 Å². The van der Waals surface area contributed by atoms with Crippen molar-refractivity contribution in [1.82, 2.24) is 14.9 Å². The largest absolute Gasteiger partial charge is 2.00 e. The van der Waals surface area contributed by atoms with E-state index in [2.05, 4.69) is 84.1 Å². The number of hydrogen-bond donors (Lipinski definition) is 3. The van der Waals surface area contributed by atoms with Crippen LogP contribution in [0.1, 0.15) is 81.7 Å². The van der Waals surface area contributed by atoms with Gasteiger partial charge in [0.05, 0.1) is 43.8 Å². The number of nitrogens with zero attached hydrogens (tertiary/aromatic N) is 7. The van der Waals surface area contributed by atoms with Gasteiger partial charge in [0.1, 0.15) is 6.54 Å². The molecule has 6 aromatic rings. The zero-order valence-corrected chi connectivity index (χ0v) is 52.4. The van der Waals surface area contributed by atoms with Crippen LogP contribution >= 0.6 is 33.4 Å². The van der Waals surface area contributed by atoms with Gasteiger partial charge < -0.3 is 30.4 Å². The molecular weight excluding hydrogens is 1210 g/mol. The number of carboxylic acids is 2. The Morgan fingerprint density at radius 3 is 1.45 bits per heavy atom. The molecule has 0 spiro atoms. The molecule has 83 heavy (non-hydrogen) atoms. The van der Waals surface area contributed by atoms with E-state index in [1.54, 1.807) is 12.1 Å². The number of nitrogens with one attached hydrogen (secondary N) is 1. The third kappa shape index (κ3) is 24.3. The maximum atomic E-state index is 13.5. The quantitative estimate of drug-likeness (QED) is 0.0379. The Balaban J connectivity index is 0.000000490. The van der Waals surface area contributed by atoms with E-state index >= 15 is 0 Å². The minimum atomic E-state index is -1.02. The summed E-state index contributed by atoms with van der Waals surface area (Å²) in [5.41, 5.74) is 7.16. The third-order valence-corrected chi connectivity index (χ3v) is 15.0. The molecule has 2 aliphatic heterocycles. The SMILES string of the molecule is C.CC=NP(C)P.C[C@@H](NP(C)P)[C@H](N=C(c1ccccc1)c1ccccc1[N-]C(=O)[C@@H]1CCCN1Cc1ccccc1)C(=O)O.O=C(O)CN=C(c1ccccc1)c1ccccc1[N-]C(=O)[C@@H]1CCCN1Cc1ccccc1.[2H]CF.[Ni+2].[Ni+2]. The Labute approximate surface area is 519 Å². The number of hydrogen-bond acceptors (Lipinski definition) is 10. The number of rotatable bonds is 20. The predicted octanol–water partition coefficient (Wildman–Crippen LogP) is 13.9. The molecule has 21 heteroatoms. The number of aliphatic imine (C=N–C) groups is 2. The van der Waals surface area contributed by atoms with Crippen molar-refractivity contribution < 1.29 is 68.1 Å². The summed E-state index contributed by atoms with van der Waals surface area (Å²) in [7, 11) is 3.61. The van der Waals surface area contributed by atoms with E-state index in [-0.39, 0.29) is 78.6 Å². The molecule has 4 unspecified atom stereocenters. The van der Waals surface area contributed by atoms with Crippen molar-refractivity contribution in [2.75, 3.05) is 40.1 Å². The van der Waals surface area contributed by atoms with Gasteiger partial charge in [-0.15, -0.1) is 11.4 Å². The van der Waals surface area contributed by atoms with Gasteiger partial charge in [0, 0.05) is 44.2 Å². The number of likely N-dealkylation sites (tertiary alicyclic amines) is 2. The van der Waals surface area contributed by atoms with E-state index in [0.717, 1.165) is 49.9 Å². The molecule has 446 valence electrons. The number of carbonyl (C=O) groups excluding carboxylic acids is 2. The number of carboxylic acid groups (broad SMARTS) is 2. The molecule has 6 aromatic carbocycles. The van der Waals surface area contributed by atoms with Crippen molar-refractivity contribution >= 4 is 86.1 Å². The zero-order chi connectivity index (χ0) is 58.5. The molecule has 0 aromatic heterocycles. The molecule has 0 aliphatic carbocycles. The molecule has 2 fully saturated rings. The second kappa shape index (κ2) is 40.1. The summed E-state index contributed by atoms with van der Waals surface area (Å²) in [5, 5.41) is 31.6.